The van der Waals surface area contributed by atoms with Gasteiger partial charge in [0.2, 0.25) is 0 Å². The predicted molar refractivity (Wildman–Crippen MR) is 80.8 cm³/mol. The lowest BCUT2D eigenvalue weighted by Gasteiger charge is -2.38. The maximum Gasteiger partial charge on any atom is 0.0335 e. The maximum atomic E-state index is 2.53. The molecule has 106 valence electrons. The van der Waals surface area contributed by atoms with Crippen molar-refractivity contribution in [3.8, 4) is 0 Å². The molecule has 1 saturated heterocycles. The number of hydrogen-bond donors (Lipinski definition) is 0. The molecule has 1 heterocycles. The third kappa shape index (κ3) is 7.05. The fourth-order valence-electron chi connectivity index (χ4n) is 1.94. The second-order valence-electron chi connectivity index (χ2n) is 4.59. The molecule has 0 unspecified atom stereocenters. The average Bonchev–Trinajstić information content (AvgIpc) is 3.11. The molecule has 0 aromatic rings. The first-order chi connectivity index (χ1) is 8.14. The molecule has 1 spiro atoms. The van der Waals surface area contributed by atoms with Gasteiger partial charge in [0.05, 0.1) is 0 Å². The van der Waals surface area contributed by atoms with Gasteiger partial charge < -0.3 is 4.90 Å². The zero-order valence-electron chi connectivity index (χ0n) is 13.6. The Morgan fingerprint density at radius 2 is 1.29 bits per heavy atom. The van der Waals surface area contributed by atoms with E-state index < -0.39 is 0 Å². The molecule has 0 radical (unpaired) electrons. The Balaban J connectivity index is 0. The summed E-state index contributed by atoms with van der Waals surface area (Å²) in [6, 6.07) is 0. The minimum atomic E-state index is 0.618. The normalized spacial score (nSPS) is 21.2. The van der Waals surface area contributed by atoms with E-state index in [-0.39, 0.29) is 0 Å². The highest BCUT2D eigenvalue weighted by Crippen LogP contribution is 2.42. The predicted octanol–water partition coefficient (Wildman–Crippen LogP) is 3.86. The maximum absolute atomic E-state index is 2.53. The van der Waals surface area contributed by atoms with Gasteiger partial charge in [0.1, 0.15) is 0 Å². The van der Waals surface area contributed by atoms with Gasteiger partial charge in [-0.3, -0.25) is 4.90 Å². The minimum Gasteiger partial charge on any atom is -0.303 e. The first-order valence-electron chi connectivity index (χ1n) is 7.54. The van der Waals surface area contributed by atoms with Gasteiger partial charge in [-0.15, -0.1) is 0 Å². The molecule has 2 aliphatic rings. The molecule has 0 aromatic heterocycles. The van der Waals surface area contributed by atoms with Crippen LogP contribution in [-0.4, -0.2) is 49.1 Å². The average molecular weight is 244 g/mol. The van der Waals surface area contributed by atoms with Crippen molar-refractivity contribution in [2.75, 3.05) is 33.7 Å². The van der Waals surface area contributed by atoms with Crippen molar-refractivity contribution in [1.29, 1.82) is 0 Å². The Kier molecular flexibility index (Phi) is 12.5. The van der Waals surface area contributed by atoms with E-state index in [4.69, 9.17) is 0 Å². The third-order valence-electron chi connectivity index (χ3n) is 3.02. The number of hydrogen-bond acceptors (Lipinski definition) is 2. The molecule has 0 amide bonds. The highest BCUT2D eigenvalue weighted by atomic mass is 15.3. The zero-order chi connectivity index (χ0) is 13.9. The van der Waals surface area contributed by atoms with Gasteiger partial charge in [-0.2, -0.15) is 0 Å². The lowest BCUT2D eigenvalue weighted by molar-refractivity contribution is 0.0983. The van der Waals surface area contributed by atoms with E-state index in [0.29, 0.717) is 5.54 Å². The molecule has 0 N–H and O–H groups in total. The van der Waals surface area contributed by atoms with Crippen LogP contribution < -0.4 is 0 Å². The van der Waals surface area contributed by atoms with Crippen LogP contribution in [-0.2, 0) is 0 Å². The standard InChI is InChI=1S/C8H16N2.C3H8.2C2H6/c1-9-5-6-10(2)8(7-9)3-4-8;1-3-2;2*1-2/h3-7H2,1-2H3;3H2,1-2H3;2*1-2H3. The van der Waals surface area contributed by atoms with E-state index in [0.717, 1.165) is 0 Å². The molecule has 2 rings (SSSR count). The van der Waals surface area contributed by atoms with E-state index in [1.807, 2.05) is 27.7 Å². The Hall–Kier alpha value is -0.0800. The lowest BCUT2D eigenvalue weighted by atomic mass is 10.1. The van der Waals surface area contributed by atoms with Gasteiger partial charge in [-0.05, 0) is 26.9 Å². The van der Waals surface area contributed by atoms with E-state index in [9.17, 15) is 0 Å². The fourth-order valence-corrected chi connectivity index (χ4v) is 1.94. The van der Waals surface area contributed by atoms with E-state index in [1.54, 1.807) is 0 Å². The van der Waals surface area contributed by atoms with Crippen molar-refractivity contribution in [2.45, 2.75) is 66.3 Å². The van der Waals surface area contributed by atoms with Crippen LogP contribution in [0.1, 0.15) is 60.8 Å². The number of piperazine rings is 1. The molecule has 2 nitrogen and oxygen atoms in total. The van der Waals surface area contributed by atoms with Crippen LogP contribution in [0.15, 0.2) is 0 Å². The quantitative estimate of drug-likeness (QED) is 0.638. The molecule has 2 fully saturated rings. The Bertz CT molecular complexity index is 153. The Morgan fingerprint density at radius 1 is 0.882 bits per heavy atom. The molecule has 0 atom stereocenters. The summed E-state index contributed by atoms with van der Waals surface area (Å²) in [5, 5.41) is 0. The smallest absolute Gasteiger partial charge is 0.0335 e. The van der Waals surface area contributed by atoms with E-state index in [1.165, 1.54) is 38.9 Å². The summed E-state index contributed by atoms with van der Waals surface area (Å²) in [4.78, 5) is 4.99. The van der Waals surface area contributed by atoms with Gasteiger partial charge in [0.15, 0.2) is 0 Å². The summed E-state index contributed by atoms with van der Waals surface area (Å²) in [7, 11) is 4.49. The molecule has 17 heavy (non-hydrogen) atoms. The number of likely N-dealkylation sites (N-methyl/N-ethyl adjacent to an activating group) is 2. The topological polar surface area (TPSA) is 6.48 Å². The third-order valence-corrected chi connectivity index (χ3v) is 3.02. The van der Waals surface area contributed by atoms with Crippen molar-refractivity contribution < 1.29 is 0 Å². The first-order valence-corrected chi connectivity index (χ1v) is 7.54. The molecule has 1 aliphatic carbocycles. The summed E-state index contributed by atoms with van der Waals surface area (Å²) in [5.74, 6) is 0. The second-order valence-corrected chi connectivity index (χ2v) is 4.59. The van der Waals surface area contributed by atoms with Crippen molar-refractivity contribution in [3.63, 3.8) is 0 Å². The van der Waals surface area contributed by atoms with E-state index >= 15 is 0 Å². The summed E-state index contributed by atoms with van der Waals surface area (Å²) < 4.78 is 0. The van der Waals surface area contributed by atoms with Crippen molar-refractivity contribution in [1.82, 2.24) is 9.80 Å². The van der Waals surface area contributed by atoms with Gasteiger partial charge in [0, 0.05) is 25.2 Å². The molecule has 1 aliphatic heterocycles. The molecule has 2 heteroatoms. The van der Waals surface area contributed by atoms with Crippen molar-refractivity contribution >= 4 is 0 Å². The second kappa shape index (κ2) is 11.0. The summed E-state index contributed by atoms with van der Waals surface area (Å²) in [6.07, 6.45) is 4.10. The Morgan fingerprint density at radius 3 is 1.59 bits per heavy atom. The lowest BCUT2D eigenvalue weighted by Crippen LogP contribution is -2.51. The largest absolute Gasteiger partial charge is 0.303 e. The van der Waals surface area contributed by atoms with Crippen LogP contribution in [0.2, 0.25) is 0 Å². The molecular formula is C15H36N2. The number of nitrogens with zero attached hydrogens (tertiary/aromatic N) is 2. The van der Waals surface area contributed by atoms with Gasteiger partial charge in [-0.25, -0.2) is 0 Å². The van der Waals surface area contributed by atoms with E-state index in [2.05, 4.69) is 37.7 Å². The Labute approximate surface area is 110 Å². The van der Waals surface area contributed by atoms with Crippen LogP contribution in [0.25, 0.3) is 0 Å². The molecule has 1 saturated carbocycles. The van der Waals surface area contributed by atoms with Gasteiger partial charge in [0.25, 0.3) is 0 Å². The minimum absolute atomic E-state index is 0.618. The molecule has 0 aromatic carbocycles. The highest BCUT2D eigenvalue weighted by molar-refractivity contribution is 5.06. The summed E-state index contributed by atoms with van der Waals surface area (Å²) in [5.41, 5.74) is 0.618. The number of rotatable bonds is 0. The van der Waals surface area contributed by atoms with Crippen LogP contribution in [0.4, 0.5) is 0 Å². The molecular weight excluding hydrogens is 208 g/mol. The van der Waals surface area contributed by atoms with Crippen LogP contribution >= 0.6 is 0 Å². The fraction of sp³-hybridized carbons (Fsp3) is 1.00. The van der Waals surface area contributed by atoms with Crippen molar-refractivity contribution in [2.24, 2.45) is 0 Å². The zero-order valence-corrected chi connectivity index (χ0v) is 13.6. The van der Waals surface area contributed by atoms with Crippen molar-refractivity contribution in [3.05, 3.63) is 0 Å². The van der Waals surface area contributed by atoms with Gasteiger partial charge in [-0.1, -0.05) is 48.0 Å². The van der Waals surface area contributed by atoms with Gasteiger partial charge >= 0.3 is 0 Å². The van der Waals surface area contributed by atoms with Crippen LogP contribution in [0.5, 0.6) is 0 Å². The summed E-state index contributed by atoms with van der Waals surface area (Å²) in [6.45, 7) is 16.1. The van der Waals surface area contributed by atoms with Crippen LogP contribution in [0.3, 0.4) is 0 Å². The monoisotopic (exact) mass is 244 g/mol. The first kappa shape index (κ1) is 19.3. The molecule has 0 bridgehead atoms. The van der Waals surface area contributed by atoms with Crippen LogP contribution in [0, 0.1) is 0 Å². The highest BCUT2D eigenvalue weighted by Gasteiger charge is 2.48. The summed E-state index contributed by atoms with van der Waals surface area (Å²) >= 11 is 0. The SMILES string of the molecule is CC.CC.CCC.CN1CCN(C)C2(CC2)C1.